The van der Waals surface area contributed by atoms with Gasteiger partial charge in [0, 0.05) is 97.3 Å². The Kier molecular flexibility index (Phi) is 12.2. The average molecular weight is 893 g/mol. The maximum Gasteiger partial charge on any atom is 0.275 e. The summed E-state index contributed by atoms with van der Waals surface area (Å²) in [6.45, 7) is 17.3. The molecule has 9 rings (SSSR count). The molecule has 0 spiro atoms. The summed E-state index contributed by atoms with van der Waals surface area (Å²) in [6, 6.07) is 14.2. The number of hydrogen-bond acceptors (Lipinski definition) is 8. The third-order valence-electron chi connectivity index (χ3n) is 12.8. The van der Waals surface area contributed by atoms with Gasteiger partial charge in [-0.05, 0) is 101 Å². The number of carbonyl (C=O) groups excluding carboxylic acids is 1. The predicted molar refractivity (Wildman–Crippen MR) is 250 cm³/mol. The molecule has 3 aromatic carbocycles. The van der Waals surface area contributed by atoms with Crippen LogP contribution in [0.5, 0.6) is 5.75 Å². The lowest BCUT2D eigenvalue weighted by Gasteiger charge is -2.34. The van der Waals surface area contributed by atoms with Gasteiger partial charge in [-0.15, -0.1) is 0 Å². The zero-order valence-electron chi connectivity index (χ0n) is 37.2. The summed E-state index contributed by atoms with van der Waals surface area (Å²) in [5.74, 6) is 1.36. The first-order valence-corrected chi connectivity index (χ1v) is 22.6. The molecule has 2 aliphatic heterocycles. The number of anilines is 1. The number of rotatable bonds is 14. The van der Waals surface area contributed by atoms with E-state index in [1.54, 1.807) is 13.4 Å². The maximum absolute atomic E-state index is 15.6. The van der Waals surface area contributed by atoms with Crippen LogP contribution in [0, 0.1) is 27.7 Å². The zero-order chi connectivity index (χ0) is 44.1. The van der Waals surface area contributed by atoms with E-state index in [9.17, 15) is 0 Å². The molecule has 1 fully saturated rings. The standard InChI is InChI=1S/C48H55Cl2N9O4/c1-29-23-35(24-30(2)44(29)50)63-19-8-9-36-37-11-12-39(49)43(42-32(4)52-54(6)33(42)5)45(37)59-31(3)26-58(48(60)46(36)59)41-27-56(18-20-61-7)40-13-10-34(25-38(40)41)47-51-28-57(53-47)15-14-55-16-21-62-22-17-55/h10-13,23-25,27-28,31H,8-9,14-22,26H2,1-7H3. The molecule has 15 heteroatoms. The van der Waals surface area contributed by atoms with Crippen molar-refractivity contribution in [1.29, 1.82) is 0 Å². The molecular formula is C48H55Cl2N9O4. The van der Waals surface area contributed by atoms with Gasteiger partial charge in [-0.2, -0.15) is 10.2 Å². The molecule has 0 N–H and O–H groups in total. The second kappa shape index (κ2) is 17.8. The Morgan fingerprint density at radius 2 is 1.68 bits per heavy atom. The lowest BCUT2D eigenvalue weighted by atomic mass is 9.98. The first-order valence-electron chi connectivity index (χ1n) is 21.8. The molecule has 4 aromatic heterocycles. The number of aryl methyl sites for hydroxylation is 5. The molecule has 1 unspecified atom stereocenters. The van der Waals surface area contributed by atoms with Crippen LogP contribution in [0.4, 0.5) is 5.69 Å². The molecule has 330 valence electrons. The Bertz CT molecular complexity index is 2830. The molecule has 0 aliphatic carbocycles. The molecule has 0 saturated carbocycles. The molecule has 7 aromatic rings. The summed E-state index contributed by atoms with van der Waals surface area (Å²) in [7, 11) is 3.66. The van der Waals surface area contributed by atoms with Gasteiger partial charge in [0.1, 0.15) is 17.8 Å². The number of hydrogen-bond donors (Lipinski definition) is 0. The van der Waals surface area contributed by atoms with Crippen LogP contribution in [-0.2, 0) is 36.0 Å². The number of ether oxygens (including phenoxy) is 3. The largest absolute Gasteiger partial charge is 0.494 e. The number of carbonyl (C=O) groups is 1. The molecule has 6 heterocycles. The minimum atomic E-state index is -0.107. The van der Waals surface area contributed by atoms with Crippen molar-refractivity contribution in [2.45, 2.75) is 66.6 Å². The van der Waals surface area contributed by atoms with Crippen molar-refractivity contribution in [3.05, 3.63) is 98.8 Å². The minimum absolute atomic E-state index is 0.0624. The molecule has 63 heavy (non-hydrogen) atoms. The van der Waals surface area contributed by atoms with Gasteiger partial charge in [0.2, 0.25) is 0 Å². The van der Waals surface area contributed by atoms with Crippen molar-refractivity contribution in [2.75, 3.05) is 64.6 Å². The van der Waals surface area contributed by atoms with Crippen LogP contribution in [-0.4, -0.2) is 104 Å². The minimum Gasteiger partial charge on any atom is -0.494 e. The van der Waals surface area contributed by atoms with Crippen molar-refractivity contribution in [1.82, 2.24) is 38.6 Å². The number of nitrogens with zero attached hydrogens (tertiary/aromatic N) is 9. The molecule has 1 amide bonds. The highest BCUT2D eigenvalue weighted by molar-refractivity contribution is 6.35. The Labute approximate surface area is 378 Å². The summed E-state index contributed by atoms with van der Waals surface area (Å²) in [5.41, 5.74) is 11.1. The second-order valence-corrected chi connectivity index (χ2v) is 17.8. The quantitative estimate of drug-likeness (QED) is 0.0997. The third kappa shape index (κ3) is 8.03. The van der Waals surface area contributed by atoms with Crippen LogP contribution < -0.4 is 9.64 Å². The van der Waals surface area contributed by atoms with Gasteiger partial charge in [-0.3, -0.25) is 19.1 Å². The molecule has 0 bridgehead atoms. The number of amides is 1. The third-order valence-corrected chi connectivity index (χ3v) is 13.7. The fourth-order valence-corrected chi connectivity index (χ4v) is 9.90. The SMILES string of the molecule is COCCn1cc(N2CC(C)n3c(c(CCCOc4cc(C)c(Cl)c(C)c4)c4ccc(Cl)c(-c5c(C)nn(C)c5C)c43)C2=O)c2cc(-c3ncn(CCN4CCOCC4)n3)ccc21. The van der Waals surface area contributed by atoms with Crippen LogP contribution in [0.2, 0.25) is 10.0 Å². The van der Waals surface area contributed by atoms with Crippen LogP contribution >= 0.6 is 23.2 Å². The molecule has 1 saturated heterocycles. The summed E-state index contributed by atoms with van der Waals surface area (Å²) in [4.78, 5) is 24.6. The summed E-state index contributed by atoms with van der Waals surface area (Å²) >= 11 is 13.7. The molecule has 1 atom stereocenters. The van der Waals surface area contributed by atoms with Gasteiger partial charge in [-0.1, -0.05) is 29.3 Å². The van der Waals surface area contributed by atoms with E-state index in [2.05, 4.69) is 58.3 Å². The van der Waals surface area contributed by atoms with E-state index in [0.29, 0.717) is 55.7 Å². The summed E-state index contributed by atoms with van der Waals surface area (Å²) < 4.78 is 25.6. The van der Waals surface area contributed by atoms with E-state index in [0.717, 1.165) is 122 Å². The van der Waals surface area contributed by atoms with Crippen LogP contribution in [0.25, 0.3) is 44.3 Å². The van der Waals surface area contributed by atoms with E-state index in [-0.39, 0.29) is 11.9 Å². The van der Waals surface area contributed by atoms with Gasteiger partial charge in [-0.25, -0.2) is 4.98 Å². The van der Waals surface area contributed by atoms with Crippen LogP contribution in [0.15, 0.2) is 55.0 Å². The topological polar surface area (TPSA) is 110 Å². The van der Waals surface area contributed by atoms with E-state index in [1.165, 1.54) is 0 Å². The average Bonchev–Trinajstić information content (AvgIpc) is 4.04. The highest BCUT2D eigenvalue weighted by Crippen LogP contribution is 2.46. The Balaban J connectivity index is 1.12. The molecule has 13 nitrogen and oxygen atoms in total. The molecule has 0 radical (unpaired) electrons. The Morgan fingerprint density at radius 3 is 2.41 bits per heavy atom. The lowest BCUT2D eigenvalue weighted by molar-refractivity contribution is 0.0359. The number of aromatic nitrogens is 7. The van der Waals surface area contributed by atoms with Crippen LogP contribution in [0.3, 0.4) is 0 Å². The van der Waals surface area contributed by atoms with E-state index >= 15 is 4.79 Å². The van der Waals surface area contributed by atoms with Gasteiger partial charge < -0.3 is 28.2 Å². The second-order valence-electron chi connectivity index (χ2n) is 17.0. The van der Waals surface area contributed by atoms with Gasteiger partial charge in [0.15, 0.2) is 5.82 Å². The van der Waals surface area contributed by atoms with Gasteiger partial charge >= 0.3 is 0 Å². The highest BCUT2D eigenvalue weighted by Gasteiger charge is 2.38. The smallest absolute Gasteiger partial charge is 0.275 e. The molecular weight excluding hydrogens is 837 g/mol. The van der Waals surface area contributed by atoms with Crippen molar-refractivity contribution < 1.29 is 19.0 Å². The van der Waals surface area contributed by atoms with Gasteiger partial charge in [0.25, 0.3) is 5.91 Å². The summed E-state index contributed by atoms with van der Waals surface area (Å²) in [6.07, 6.45) is 5.20. The first kappa shape index (κ1) is 43.1. The van der Waals surface area contributed by atoms with Crippen molar-refractivity contribution in [3.8, 4) is 28.3 Å². The lowest BCUT2D eigenvalue weighted by Crippen LogP contribution is -2.42. The van der Waals surface area contributed by atoms with E-state index < -0.39 is 0 Å². The predicted octanol–water partition coefficient (Wildman–Crippen LogP) is 9.01. The van der Waals surface area contributed by atoms with Gasteiger partial charge in [0.05, 0.1) is 60.4 Å². The number of halogens is 2. The van der Waals surface area contributed by atoms with Crippen molar-refractivity contribution in [2.24, 2.45) is 7.05 Å². The maximum atomic E-state index is 15.6. The Morgan fingerprint density at radius 1 is 0.905 bits per heavy atom. The normalized spacial score (nSPS) is 15.9. The zero-order valence-corrected chi connectivity index (χ0v) is 38.7. The number of benzene rings is 3. The molecule has 2 aliphatic rings. The monoisotopic (exact) mass is 891 g/mol. The first-order chi connectivity index (χ1) is 30.4. The fourth-order valence-electron chi connectivity index (χ4n) is 9.55. The highest BCUT2D eigenvalue weighted by atomic mass is 35.5. The van der Waals surface area contributed by atoms with E-state index in [4.69, 9.17) is 52.6 Å². The Hall–Kier alpha value is -5.18. The number of morpholine rings is 1. The van der Waals surface area contributed by atoms with E-state index in [1.807, 2.05) is 60.3 Å². The van der Waals surface area contributed by atoms with Crippen molar-refractivity contribution in [3.63, 3.8) is 0 Å². The fraction of sp³-hybridized carbons (Fsp3) is 0.417. The number of fused-ring (bicyclic) bond motifs is 4. The van der Waals surface area contributed by atoms with Crippen molar-refractivity contribution >= 4 is 56.6 Å². The van der Waals surface area contributed by atoms with Crippen LogP contribution in [0.1, 0.15) is 58.0 Å². The summed E-state index contributed by atoms with van der Waals surface area (Å²) in [5, 5.41) is 13.0. The number of methoxy groups -OCH3 is 1.